The van der Waals surface area contributed by atoms with E-state index < -0.39 is 5.54 Å². The number of hydrogen-bond donors (Lipinski definition) is 2. The van der Waals surface area contributed by atoms with Crippen LogP contribution in [0.3, 0.4) is 0 Å². The Balaban J connectivity index is 1.49. The summed E-state index contributed by atoms with van der Waals surface area (Å²) in [6.07, 6.45) is 2.99. The molecular weight excluding hydrogens is 416 g/mol. The number of aryl methyl sites for hydroxylation is 2. The average molecular weight is 443 g/mol. The Morgan fingerprint density at radius 3 is 2.55 bits per heavy atom. The highest BCUT2D eigenvalue weighted by atomic mass is 16.5. The molecule has 1 saturated heterocycles. The van der Waals surface area contributed by atoms with Gasteiger partial charge < -0.3 is 15.0 Å². The molecule has 1 amide bonds. The van der Waals surface area contributed by atoms with Crippen LogP contribution in [0.15, 0.2) is 65.6 Å². The van der Waals surface area contributed by atoms with Gasteiger partial charge in [0.25, 0.3) is 11.5 Å². The van der Waals surface area contributed by atoms with Crippen LogP contribution < -0.4 is 10.9 Å². The van der Waals surface area contributed by atoms with Crippen molar-refractivity contribution in [3.63, 3.8) is 0 Å². The van der Waals surface area contributed by atoms with E-state index in [0.29, 0.717) is 43.0 Å². The molecule has 2 aromatic carbocycles. The van der Waals surface area contributed by atoms with Gasteiger partial charge in [0.15, 0.2) is 5.82 Å². The second-order valence-corrected chi connectivity index (χ2v) is 8.67. The molecule has 4 aromatic rings. The maximum absolute atomic E-state index is 13.3. The van der Waals surface area contributed by atoms with Crippen molar-refractivity contribution in [1.29, 1.82) is 0 Å². The lowest BCUT2D eigenvalue weighted by atomic mass is 9.82. The van der Waals surface area contributed by atoms with Crippen molar-refractivity contribution < 1.29 is 9.53 Å². The zero-order valence-electron chi connectivity index (χ0n) is 18.7. The minimum atomic E-state index is -0.505. The maximum Gasteiger partial charge on any atom is 0.275 e. The third-order valence-corrected chi connectivity index (χ3v) is 6.54. The molecule has 7 heteroatoms. The Bertz CT molecular complexity index is 1380. The molecule has 1 fully saturated rings. The number of amides is 1. The summed E-state index contributed by atoms with van der Waals surface area (Å²) in [6, 6.07) is 17.5. The van der Waals surface area contributed by atoms with Crippen LogP contribution in [0.4, 0.5) is 0 Å². The number of rotatable bonds is 4. The summed E-state index contributed by atoms with van der Waals surface area (Å²) in [5.74, 6) is 0.224. The number of benzene rings is 2. The zero-order valence-corrected chi connectivity index (χ0v) is 18.7. The van der Waals surface area contributed by atoms with Crippen molar-refractivity contribution in [2.45, 2.75) is 32.2 Å². The monoisotopic (exact) mass is 442 g/mol. The third kappa shape index (κ3) is 3.96. The number of nitrogens with one attached hydrogen (secondary N) is 2. The highest BCUT2D eigenvalue weighted by molar-refractivity contribution is 5.96. The van der Waals surface area contributed by atoms with E-state index in [1.807, 2.05) is 62.4 Å². The van der Waals surface area contributed by atoms with Crippen LogP contribution in [-0.4, -0.2) is 33.7 Å². The fourth-order valence-electron chi connectivity index (χ4n) is 4.40. The standard InChI is InChI=1S/C26H26N4O3/c1-17-8-9-19(14-18(17)2)23-27-25(32)22-15-20(16-30(22)29-23)24(31)28-26(10-12-33-13-11-26)21-6-4-3-5-7-21/h3-9,14-16H,10-13H2,1-2H3,(H,28,31)(H,27,29,32). The number of hydrogen-bond acceptors (Lipinski definition) is 4. The summed E-state index contributed by atoms with van der Waals surface area (Å²) in [6.45, 7) is 5.21. The van der Waals surface area contributed by atoms with Crippen LogP contribution in [0.2, 0.25) is 0 Å². The van der Waals surface area contributed by atoms with Crippen LogP contribution in [0.1, 0.15) is 39.9 Å². The van der Waals surface area contributed by atoms with E-state index in [2.05, 4.69) is 15.4 Å². The minimum Gasteiger partial charge on any atom is -0.381 e. The fraction of sp³-hybridized carbons (Fsp3) is 0.269. The quantitative estimate of drug-likeness (QED) is 0.504. The number of ether oxygens (including phenoxy) is 1. The number of aromatic amines is 1. The molecule has 0 unspecified atom stereocenters. The van der Waals surface area contributed by atoms with Gasteiger partial charge in [-0.05, 0) is 55.5 Å². The van der Waals surface area contributed by atoms with E-state index in [-0.39, 0.29) is 11.5 Å². The number of carbonyl (C=O) groups is 1. The number of H-pyrrole nitrogens is 1. The SMILES string of the molecule is Cc1ccc(-c2nn3cc(C(=O)NC4(c5ccccc5)CCOCC4)cc3c(=O)[nH]2)cc1C. The molecule has 0 aliphatic carbocycles. The molecule has 33 heavy (non-hydrogen) atoms. The van der Waals surface area contributed by atoms with E-state index in [9.17, 15) is 9.59 Å². The van der Waals surface area contributed by atoms with E-state index in [0.717, 1.165) is 16.7 Å². The number of fused-ring (bicyclic) bond motifs is 1. The van der Waals surface area contributed by atoms with Gasteiger partial charge in [-0.3, -0.25) is 9.59 Å². The first-order valence-corrected chi connectivity index (χ1v) is 11.1. The molecule has 0 atom stereocenters. The first-order chi connectivity index (χ1) is 15.9. The summed E-state index contributed by atoms with van der Waals surface area (Å²) >= 11 is 0. The molecule has 0 bridgehead atoms. The van der Waals surface area contributed by atoms with E-state index in [4.69, 9.17) is 4.74 Å². The minimum absolute atomic E-state index is 0.238. The highest BCUT2D eigenvalue weighted by Gasteiger charge is 2.36. The highest BCUT2D eigenvalue weighted by Crippen LogP contribution is 2.32. The number of aromatic nitrogens is 3. The average Bonchev–Trinajstić information content (AvgIpc) is 3.27. The largest absolute Gasteiger partial charge is 0.381 e. The molecule has 1 aliphatic heterocycles. The Labute approximate surface area is 191 Å². The van der Waals surface area contributed by atoms with Gasteiger partial charge in [0.2, 0.25) is 0 Å². The van der Waals surface area contributed by atoms with Gasteiger partial charge in [0.05, 0.1) is 11.1 Å². The molecule has 0 saturated carbocycles. The van der Waals surface area contributed by atoms with Crippen LogP contribution in [-0.2, 0) is 10.3 Å². The van der Waals surface area contributed by atoms with Crippen molar-refractivity contribution in [3.05, 3.63) is 93.4 Å². The Kier molecular flexibility index (Phi) is 5.34. The summed E-state index contributed by atoms with van der Waals surface area (Å²) < 4.78 is 7.04. The first-order valence-electron chi connectivity index (χ1n) is 11.1. The first kappa shape index (κ1) is 21.2. The molecule has 0 spiro atoms. The van der Waals surface area contributed by atoms with Gasteiger partial charge in [-0.1, -0.05) is 42.5 Å². The summed E-state index contributed by atoms with van der Waals surface area (Å²) in [4.78, 5) is 28.9. The van der Waals surface area contributed by atoms with Gasteiger partial charge in [0, 0.05) is 25.0 Å². The second-order valence-electron chi connectivity index (χ2n) is 8.67. The van der Waals surface area contributed by atoms with Crippen LogP contribution in [0, 0.1) is 13.8 Å². The number of carbonyl (C=O) groups excluding carboxylic acids is 1. The van der Waals surface area contributed by atoms with Gasteiger partial charge in [-0.2, -0.15) is 0 Å². The predicted molar refractivity (Wildman–Crippen MR) is 126 cm³/mol. The molecule has 2 N–H and O–H groups in total. The molecule has 5 rings (SSSR count). The second kappa shape index (κ2) is 8.33. The zero-order chi connectivity index (χ0) is 23.0. The number of nitrogens with zero attached hydrogens (tertiary/aromatic N) is 2. The van der Waals surface area contributed by atoms with Crippen molar-refractivity contribution in [2.75, 3.05) is 13.2 Å². The van der Waals surface area contributed by atoms with Gasteiger partial charge in [-0.25, -0.2) is 4.52 Å². The van der Waals surface area contributed by atoms with E-state index >= 15 is 0 Å². The summed E-state index contributed by atoms with van der Waals surface area (Å²) in [5, 5.41) is 7.80. The van der Waals surface area contributed by atoms with Gasteiger partial charge in [-0.15, -0.1) is 5.10 Å². The Hall–Kier alpha value is -3.71. The van der Waals surface area contributed by atoms with E-state index in [1.165, 1.54) is 10.1 Å². The lowest BCUT2D eigenvalue weighted by Gasteiger charge is -2.38. The molecule has 0 radical (unpaired) electrons. The molecule has 1 aliphatic rings. The molecule has 2 aromatic heterocycles. The van der Waals surface area contributed by atoms with Crippen molar-refractivity contribution in [3.8, 4) is 11.4 Å². The van der Waals surface area contributed by atoms with E-state index in [1.54, 1.807) is 12.3 Å². The maximum atomic E-state index is 13.3. The predicted octanol–water partition coefficient (Wildman–Crippen LogP) is 3.74. The summed E-state index contributed by atoms with van der Waals surface area (Å²) in [5.41, 5.74) is 4.09. The van der Waals surface area contributed by atoms with Crippen molar-refractivity contribution in [2.24, 2.45) is 0 Å². The molecule has 7 nitrogen and oxygen atoms in total. The normalized spacial score (nSPS) is 15.5. The van der Waals surface area contributed by atoms with Gasteiger partial charge in [0.1, 0.15) is 5.52 Å². The van der Waals surface area contributed by atoms with Crippen molar-refractivity contribution in [1.82, 2.24) is 19.9 Å². The lowest BCUT2D eigenvalue weighted by Crippen LogP contribution is -2.49. The Morgan fingerprint density at radius 2 is 1.82 bits per heavy atom. The van der Waals surface area contributed by atoms with Crippen LogP contribution in [0.25, 0.3) is 16.9 Å². The lowest BCUT2D eigenvalue weighted by molar-refractivity contribution is 0.0345. The topological polar surface area (TPSA) is 88.5 Å². The summed E-state index contributed by atoms with van der Waals surface area (Å²) in [7, 11) is 0. The molecule has 3 heterocycles. The Morgan fingerprint density at radius 1 is 1.06 bits per heavy atom. The molecular formula is C26H26N4O3. The van der Waals surface area contributed by atoms with Crippen molar-refractivity contribution >= 4 is 11.4 Å². The van der Waals surface area contributed by atoms with Gasteiger partial charge >= 0.3 is 0 Å². The smallest absolute Gasteiger partial charge is 0.275 e. The van der Waals surface area contributed by atoms with Crippen LogP contribution >= 0.6 is 0 Å². The fourth-order valence-corrected chi connectivity index (χ4v) is 4.40. The van der Waals surface area contributed by atoms with Crippen LogP contribution in [0.5, 0.6) is 0 Å². The third-order valence-electron chi connectivity index (χ3n) is 6.54. The molecule has 168 valence electrons.